The molecule has 2 nitrogen and oxygen atoms in total. The monoisotopic (exact) mass is 198 g/mol. The van der Waals surface area contributed by atoms with Crippen LogP contribution in [0, 0.1) is 18.6 Å². The van der Waals surface area contributed by atoms with Gasteiger partial charge < -0.3 is 4.98 Å². The van der Waals surface area contributed by atoms with Crippen molar-refractivity contribution in [2.45, 2.75) is 20.8 Å². The van der Waals surface area contributed by atoms with Gasteiger partial charge in [-0.15, -0.1) is 0 Å². The largest absolute Gasteiger partial charge is 0.342 e. The molecule has 76 valence electrons. The van der Waals surface area contributed by atoms with Crippen molar-refractivity contribution >= 4 is 11.0 Å². The zero-order valence-electron chi connectivity index (χ0n) is 8.36. The van der Waals surface area contributed by atoms with E-state index in [1.165, 1.54) is 6.07 Å². The summed E-state index contributed by atoms with van der Waals surface area (Å²) in [7, 11) is 0. The minimum atomic E-state index is -0.892. The van der Waals surface area contributed by atoms with E-state index < -0.39 is 11.6 Å². The third-order valence-electron chi connectivity index (χ3n) is 1.66. The lowest BCUT2D eigenvalue weighted by atomic mass is 10.3. The van der Waals surface area contributed by atoms with Gasteiger partial charge in [-0.25, -0.2) is 13.8 Å². The molecule has 0 fully saturated rings. The predicted molar refractivity (Wildman–Crippen MR) is 52.1 cm³/mol. The maximum Gasteiger partial charge on any atom is 0.186 e. The molecule has 1 aromatic heterocycles. The molecule has 4 heteroatoms. The van der Waals surface area contributed by atoms with E-state index in [0.29, 0.717) is 11.3 Å². The number of imidazole rings is 1. The Labute approximate surface area is 81.0 Å². The normalized spacial score (nSPS) is 9.79. The third-order valence-corrected chi connectivity index (χ3v) is 1.66. The number of nitrogens with one attached hydrogen (secondary N) is 1. The summed E-state index contributed by atoms with van der Waals surface area (Å²) in [4.78, 5) is 6.61. The van der Waals surface area contributed by atoms with Crippen LogP contribution in [0.3, 0.4) is 0 Å². The van der Waals surface area contributed by atoms with E-state index in [1.807, 2.05) is 13.8 Å². The van der Waals surface area contributed by atoms with E-state index >= 15 is 0 Å². The molecule has 1 heterocycles. The zero-order chi connectivity index (χ0) is 10.7. The van der Waals surface area contributed by atoms with Crippen LogP contribution < -0.4 is 0 Å². The molecule has 2 rings (SSSR count). The van der Waals surface area contributed by atoms with Crippen LogP contribution in [0.25, 0.3) is 11.0 Å². The highest BCUT2D eigenvalue weighted by Crippen LogP contribution is 2.17. The van der Waals surface area contributed by atoms with Gasteiger partial charge in [0.1, 0.15) is 11.3 Å². The van der Waals surface area contributed by atoms with Crippen LogP contribution in [-0.4, -0.2) is 9.97 Å². The van der Waals surface area contributed by atoms with Gasteiger partial charge in [-0.05, 0) is 19.1 Å². The lowest BCUT2D eigenvalue weighted by Crippen LogP contribution is -1.84. The first kappa shape index (κ1) is 10.6. The van der Waals surface area contributed by atoms with E-state index in [9.17, 15) is 8.78 Å². The van der Waals surface area contributed by atoms with Gasteiger partial charge in [0.15, 0.2) is 11.6 Å². The molecular weight excluding hydrogens is 186 g/mol. The van der Waals surface area contributed by atoms with E-state index in [4.69, 9.17) is 0 Å². The first-order valence-corrected chi connectivity index (χ1v) is 4.49. The average Bonchev–Trinajstić information content (AvgIpc) is 2.57. The Bertz CT molecular complexity index is 435. The molecule has 0 bridgehead atoms. The lowest BCUT2D eigenvalue weighted by Gasteiger charge is -1.91. The average molecular weight is 198 g/mol. The van der Waals surface area contributed by atoms with Crippen LogP contribution in [0.4, 0.5) is 8.78 Å². The van der Waals surface area contributed by atoms with Crippen molar-refractivity contribution in [3.63, 3.8) is 0 Å². The number of aryl methyl sites for hydroxylation is 1. The number of benzene rings is 1. The van der Waals surface area contributed by atoms with Crippen molar-refractivity contribution in [3.8, 4) is 0 Å². The summed E-state index contributed by atoms with van der Waals surface area (Å²) < 4.78 is 25.6. The van der Waals surface area contributed by atoms with Gasteiger partial charge in [0.05, 0.1) is 5.52 Å². The molecule has 0 unspecified atom stereocenters. The van der Waals surface area contributed by atoms with Crippen LogP contribution in [0.5, 0.6) is 0 Å². The first-order chi connectivity index (χ1) is 6.68. The van der Waals surface area contributed by atoms with Gasteiger partial charge >= 0.3 is 0 Å². The molecule has 0 spiro atoms. The van der Waals surface area contributed by atoms with Crippen molar-refractivity contribution in [1.82, 2.24) is 9.97 Å². The molecule has 0 aliphatic carbocycles. The number of fused-ring (bicyclic) bond motifs is 1. The van der Waals surface area contributed by atoms with Crippen LogP contribution >= 0.6 is 0 Å². The number of halogens is 2. The number of hydrogen-bond donors (Lipinski definition) is 1. The number of aromatic amines is 1. The molecule has 2 aromatic rings. The van der Waals surface area contributed by atoms with Crippen LogP contribution in [-0.2, 0) is 0 Å². The molecule has 1 aromatic carbocycles. The lowest BCUT2D eigenvalue weighted by molar-refractivity contribution is 0.515. The summed E-state index contributed by atoms with van der Waals surface area (Å²) >= 11 is 0. The highest BCUT2D eigenvalue weighted by Gasteiger charge is 2.09. The van der Waals surface area contributed by atoms with Gasteiger partial charge in [0.2, 0.25) is 0 Å². The van der Waals surface area contributed by atoms with Gasteiger partial charge in [-0.3, -0.25) is 0 Å². The minimum absolute atomic E-state index is 0.0625. The smallest absolute Gasteiger partial charge is 0.186 e. The Morgan fingerprint density at radius 2 is 1.86 bits per heavy atom. The summed E-state index contributed by atoms with van der Waals surface area (Å²) in [6, 6.07) is 2.54. The summed E-state index contributed by atoms with van der Waals surface area (Å²) in [5.74, 6) is -1.18. The molecule has 14 heavy (non-hydrogen) atoms. The van der Waals surface area contributed by atoms with Crippen LogP contribution in [0.15, 0.2) is 12.1 Å². The summed E-state index contributed by atoms with van der Waals surface area (Å²) in [6.07, 6.45) is 0. The number of aromatic nitrogens is 2. The minimum Gasteiger partial charge on any atom is -0.342 e. The molecule has 0 atom stereocenters. The number of rotatable bonds is 0. The van der Waals surface area contributed by atoms with Gasteiger partial charge in [0.25, 0.3) is 0 Å². The fraction of sp³-hybridized carbons (Fsp3) is 0.300. The number of H-pyrrole nitrogens is 1. The molecule has 0 amide bonds. The van der Waals surface area contributed by atoms with Crippen molar-refractivity contribution in [1.29, 1.82) is 0 Å². The first-order valence-electron chi connectivity index (χ1n) is 4.49. The van der Waals surface area contributed by atoms with E-state index in [1.54, 1.807) is 6.92 Å². The molecule has 0 aliphatic rings. The third kappa shape index (κ3) is 1.73. The number of nitrogens with zero attached hydrogens (tertiary/aromatic N) is 1. The van der Waals surface area contributed by atoms with E-state index in [0.717, 1.165) is 6.07 Å². The van der Waals surface area contributed by atoms with Crippen LogP contribution in [0.1, 0.15) is 19.7 Å². The molecule has 0 saturated carbocycles. The molecule has 0 radical (unpaired) electrons. The zero-order valence-corrected chi connectivity index (χ0v) is 8.36. The van der Waals surface area contributed by atoms with Gasteiger partial charge in [-0.2, -0.15) is 0 Å². The van der Waals surface area contributed by atoms with Crippen LogP contribution in [0.2, 0.25) is 0 Å². The Morgan fingerprint density at radius 1 is 1.21 bits per heavy atom. The highest BCUT2D eigenvalue weighted by atomic mass is 19.2. The van der Waals surface area contributed by atoms with Crippen molar-refractivity contribution < 1.29 is 8.78 Å². The second-order valence-electron chi connectivity index (χ2n) is 2.58. The SMILES string of the molecule is CC.Cc1nc2c(F)c(F)ccc2[nH]1. The Morgan fingerprint density at radius 3 is 2.50 bits per heavy atom. The Kier molecular flexibility index (Phi) is 3.17. The van der Waals surface area contributed by atoms with Crippen molar-refractivity contribution in [3.05, 3.63) is 29.6 Å². The van der Waals surface area contributed by atoms with Gasteiger partial charge in [0, 0.05) is 0 Å². The number of hydrogen-bond acceptors (Lipinski definition) is 1. The summed E-state index contributed by atoms with van der Waals surface area (Å²) in [6.45, 7) is 5.69. The van der Waals surface area contributed by atoms with Crippen molar-refractivity contribution in [2.75, 3.05) is 0 Å². The maximum absolute atomic E-state index is 13.0. The Hall–Kier alpha value is -1.45. The standard InChI is InChI=1S/C8H6F2N2.C2H6/c1-4-11-6-3-2-5(9)7(10)8(6)12-4;1-2/h2-3H,1H3,(H,11,12);1-2H3. The topological polar surface area (TPSA) is 28.7 Å². The maximum atomic E-state index is 13.0. The van der Waals surface area contributed by atoms with E-state index in [2.05, 4.69) is 9.97 Å². The second kappa shape index (κ2) is 4.17. The predicted octanol–water partition coefficient (Wildman–Crippen LogP) is 3.18. The van der Waals surface area contributed by atoms with E-state index in [-0.39, 0.29) is 5.52 Å². The van der Waals surface area contributed by atoms with Gasteiger partial charge in [-0.1, -0.05) is 13.8 Å². The molecule has 0 aliphatic heterocycles. The molecule has 1 N–H and O–H groups in total. The molecular formula is C10H12F2N2. The quantitative estimate of drug-likeness (QED) is 0.692. The summed E-state index contributed by atoms with van der Waals surface area (Å²) in [5.41, 5.74) is 0.582. The fourth-order valence-electron chi connectivity index (χ4n) is 1.14. The van der Waals surface area contributed by atoms with Crippen molar-refractivity contribution in [2.24, 2.45) is 0 Å². The second-order valence-corrected chi connectivity index (χ2v) is 2.58. The Balaban J connectivity index is 0.000000461. The molecule has 0 saturated heterocycles. The fourth-order valence-corrected chi connectivity index (χ4v) is 1.14. The summed E-state index contributed by atoms with van der Waals surface area (Å²) in [5, 5.41) is 0. The highest BCUT2D eigenvalue weighted by molar-refractivity contribution is 5.75.